The lowest BCUT2D eigenvalue weighted by Crippen LogP contribution is -2.29. The number of para-hydroxylation sites is 1. The van der Waals surface area contributed by atoms with E-state index in [9.17, 15) is 0 Å². The predicted molar refractivity (Wildman–Crippen MR) is 84.2 cm³/mol. The highest BCUT2D eigenvalue weighted by molar-refractivity contribution is 5.30. The first-order valence-corrected chi connectivity index (χ1v) is 7.20. The zero-order valence-corrected chi connectivity index (χ0v) is 12.3. The van der Waals surface area contributed by atoms with Gasteiger partial charge in [-0.05, 0) is 36.8 Å². The summed E-state index contributed by atoms with van der Waals surface area (Å²) in [5, 5.41) is 0. The van der Waals surface area contributed by atoms with Gasteiger partial charge >= 0.3 is 0 Å². The summed E-state index contributed by atoms with van der Waals surface area (Å²) in [5.74, 6) is 7.39. The molecule has 21 heavy (non-hydrogen) atoms. The summed E-state index contributed by atoms with van der Waals surface area (Å²) in [6, 6.07) is 17.8. The van der Waals surface area contributed by atoms with Gasteiger partial charge in [-0.1, -0.05) is 30.3 Å². The van der Waals surface area contributed by atoms with E-state index in [0.717, 1.165) is 23.5 Å². The van der Waals surface area contributed by atoms with Crippen LogP contribution in [0.3, 0.4) is 0 Å². The van der Waals surface area contributed by atoms with Crippen molar-refractivity contribution in [3.8, 4) is 11.5 Å². The van der Waals surface area contributed by atoms with Crippen LogP contribution in [0.4, 0.5) is 0 Å². The molecule has 1 atom stereocenters. The van der Waals surface area contributed by atoms with Crippen molar-refractivity contribution in [1.29, 1.82) is 0 Å². The standard InChI is InChI=1S/C17H22N2O2/c1-2-20-16-10-6-7-14(13-16)17(19-18)11-12-21-15-8-4-3-5-9-15/h3-10,13,17,19H,2,11-12,18H2,1H3. The van der Waals surface area contributed by atoms with Crippen LogP contribution in [0.15, 0.2) is 54.6 Å². The number of benzene rings is 2. The minimum Gasteiger partial charge on any atom is -0.494 e. The van der Waals surface area contributed by atoms with Crippen LogP contribution in [0.2, 0.25) is 0 Å². The lowest BCUT2D eigenvalue weighted by molar-refractivity contribution is 0.286. The molecule has 0 spiro atoms. The van der Waals surface area contributed by atoms with Crippen molar-refractivity contribution in [2.24, 2.45) is 5.84 Å². The van der Waals surface area contributed by atoms with Crippen LogP contribution in [0.25, 0.3) is 0 Å². The summed E-state index contributed by atoms with van der Waals surface area (Å²) in [4.78, 5) is 0. The van der Waals surface area contributed by atoms with Gasteiger partial charge in [-0.25, -0.2) is 0 Å². The van der Waals surface area contributed by atoms with Gasteiger partial charge in [0, 0.05) is 12.5 Å². The average molecular weight is 286 g/mol. The Morgan fingerprint density at radius 3 is 2.48 bits per heavy atom. The molecule has 4 heteroatoms. The van der Waals surface area contributed by atoms with Crippen LogP contribution < -0.4 is 20.7 Å². The van der Waals surface area contributed by atoms with E-state index >= 15 is 0 Å². The van der Waals surface area contributed by atoms with E-state index in [0.29, 0.717) is 13.2 Å². The van der Waals surface area contributed by atoms with E-state index in [1.165, 1.54) is 0 Å². The third-order valence-electron chi connectivity index (χ3n) is 3.19. The summed E-state index contributed by atoms with van der Waals surface area (Å²) in [6.07, 6.45) is 0.779. The fourth-order valence-corrected chi connectivity index (χ4v) is 2.15. The molecule has 0 amide bonds. The second-order valence-electron chi connectivity index (χ2n) is 4.67. The second-order valence-corrected chi connectivity index (χ2v) is 4.67. The molecule has 0 aromatic heterocycles. The zero-order chi connectivity index (χ0) is 14.9. The highest BCUT2D eigenvalue weighted by atomic mass is 16.5. The van der Waals surface area contributed by atoms with Gasteiger partial charge in [0.2, 0.25) is 0 Å². The molecule has 2 aromatic carbocycles. The van der Waals surface area contributed by atoms with E-state index < -0.39 is 0 Å². The first kappa shape index (κ1) is 15.4. The Balaban J connectivity index is 1.91. The van der Waals surface area contributed by atoms with Crippen molar-refractivity contribution < 1.29 is 9.47 Å². The van der Waals surface area contributed by atoms with Crippen molar-refractivity contribution in [2.75, 3.05) is 13.2 Å². The highest BCUT2D eigenvalue weighted by Crippen LogP contribution is 2.21. The molecule has 0 radical (unpaired) electrons. The number of hydrazine groups is 1. The van der Waals surface area contributed by atoms with E-state index in [-0.39, 0.29) is 6.04 Å². The van der Waals surface area contributed by atoms with Crippen LogP contribution in [-0.2, 0) is 0 Å². The minimum atomic E-state index is 0.0362. The molecule has 0 saturated heterocycles. The Hall–Kier alpha value is -2.04. The average Bonchev–Trinajstić information content (AvgIpc) is 2.53. The molecule has 0 saturated carbocycles. The molecule has 4 nitrogen and oxygen atoms in total. The van der Waals surface area contributed by atoms with Crippen molar-refractivity contribution in [3.05, 3.63) is 60.2 Å². The number of hydrogen-bond acceptors (Lipinski definition) is 4. The molecule has 0 aliphatic rings. The Kier molecular flexibility index (Phi) is 6.06. The van der Waals surface area contributed by atoms with Gasteiger partial charge in [-0.2, -0.15) is 0 Å². The molecule has 0 aliphatic carbocycles. The first-order chi connectivity index (χ1) is 10.3. The van der Waals surface area contributed by atoms with Crippen molar-refractivity contribution in [3.63, 3.8) is 0 Å². The van der Waals surface area contributed by atoms with Crippen LogP contribution in [-0.4, -0.2) is 13.2 Å². The first-order valence-electron chi connectivity index (χ1n) is 7.20. The monoisotopic (exact) mass is 286 g/mol. The van der Waals surface area contributed by atoms with Gasteiger partial charge in [0.15, 0.2) is 0 Å². The lowest BCUT2D eigenvalue weighted by atomic mass is 10.0. The number of rotatable bonds is 8. The van der Waals surface area contributed by atoms with Gasteiger partial charge in [-0.3, -0.25) is 11.3 Å². The van der Waals surface area contributed by atoms with E-state index in [2.05, 4.69) is 5.43 Å². The second kappa shape index (κ2) is 8.29. The minimum absolute atomic E-state index is 0.0362. The molecule has 0 aliphatic heterocycles. The summed E-state index contributed by atoms with van der Waals surface area (Å²) < 4.78 is 11.2. The summed E-state index contributed by atoms with van der Waals surface area (Å²) >= 11 is 0. The van der Waals surface area contributed by atoms with Gasteiger partial charge in [0.05, 0.1) is 13.2 Å². The van der Waals surface area contributed by atoms with Gasteiger partial charge in [-0.15, -0.1) is 0 Å². The molecular formula is C17H22N2O2. The molecule has 2 aromatic rings. The van der Waals surface area contributed by atoms with Crippen molar-refractivity contribution >= 4 is 0 Å². The SMILES string of the molecule is CCOc1cccc(C(CCOc2ccccc2)NN)c1. The smallest absolute Gasteiger partial charge is 0.119 e. The molecule has 1 unspecified atom stereocenters. The Morgan fingerprint density at radius 1 is 1.00 bits per heavy atom. The highest BCUT2D eigenvalue weighted by Gasteiger charge is 2.10. The summed E-state index contributed by atoms with van der Waals surface area (Å²) in [6.45, 7) is 3.22. The maximum absolute atomic E-state index is 5.71. The molecule has 0 fully saturated rings. The van der Waals surface area contributed by atoms with Gasteiger partial charge < -0.3 is 9.47 Å². The predicted octanol–water partition coefficient (Wildman–Crippen LogP) is 3.06. The lowest BCUT2D eigenvalue weighted by Gasteiger charge is -2.17. The Morgan fingerprint density at radius 2 is 1.76 bits per heavy atom. The number of nitrogens with one attached hydrogen (secondary N) is 1. The van der Waals surface area contributed by atoms with E-state index in [4.69, 9.17) is 15.3 Å². The quantitative estimate of drug-likeness (QED) is 0.578. The number of nitrogens with two attached hydrogens (primary N) is 1. The summed E-state index contributed by atoms with van der Waals surface area (Å²) in [7, 11) is 0. The molecule has 112 valence electrons. The molecule has 0 heterocycles. The summed E-state index contributed by atoms with van der Waals surface area (Å²) in [5.41, 5.74) is 3.94. The Bertz CT molecular complexity index is 531. The van der Waals surface area contributed by atoms with Crippen molar-refractivity contribution in [2.45, 2.75) is 19.4 Å². The van der Waals surface area contributed by atoms with Crippen LogP contribution in [0.5, 0.6) is 11.5 Å². The Labute approximate surface area is 125 Å². The van der Waals surface area contributed by atoms with Gasteiger partial charge in [0.25, 0.3) is 0 Å². The molecule has 2 rings (SSSR count). The van der Waals surface area contributed by atoms with E-state index in [1.807, 2.05) is 61.5 Å². The fraction of sp³-hybridized carbons (Fsp3) is 0.294. The number of hydrogen-bond donors (Lipinski definition) is 2. The van der Waals surface area contributed by atoms with Crippen LogP contribution >= 0.6 is 0 Å². The largest absolute Gasteiger partial charge is 0.494 e. The van der Waals surface area contributed by atoms with Crippen LogP contribution in [0, 0.1) is 0 Å². The maximum Gasteiger partial charge on any atom is 0.119 e. The molecular weight excluding hydrogens is 264 g/mol. The topological polar surface area (TPSA) is 56.5 Å². The third kappa shape index (κ3) is 4.77. The van der Waals surface area contributed by atoms with Crippen molar-refractivity contribution in [1.82, 2.24) is 5.43 Å². The van der Waals surface area contributed by atoms with E-state index in [1.54, 1.807) is 0 Å². The van der Waals surface area contributed by atoms with Gasteiger partial charge in [0.1, 0.15) is 11.5 Å². The third-order valence-corrected chi connectivity index (χ3v) is 3.19. The molecule has 0 bridgehead atoms. The van der Waals surface area contributed by atoms with Crippen LogP contribution in [0.1, 0.15) is 24.9 Å². The number of ether oxygens (including phenoxy) is 2. The molecule has 3 N–H and O–H groups in total. The zero-order valence-electron chi connectivity index (χ0n) is 12.3. The maximum atomic E-state index is 5.71. The fourth-order valence-electron chi connectivity index (χ4n) is 2.15. The normalized spacial score (nSPS) is 11.9.